The SMILES string of the molecule is CCOc1c(Cc2cc(C)cc(C3CCCCC3)c2O)cc(C)cc1C1CCCCC1. The van der Waals surface area contributed by atoms with Crippen molar-refractivity contribution >= 4 is 0 Å². The van der Waals surface area contributed by atoms with E-state index in [0.29, 0.717) is 24.2 Å². The topological polar surface area (TPSA) is 29.5 Å². The first-order chi connectivity index (χ1) is 15.1. The predicted octanol–water partition coefficient (Wildman–Crippen LogP) is 8.09. The minimum atomic E-state index is 0.508. The van der Waals surface area contributed by atoms with Crippen molar-refractivity contribution in [1.29, 1.82) is 0 Å². The van der Waals surface area contributed by atoms with Gasteiger partial charge in [-0.05, 0) is 80.5 Å². The summed E-state index contributed by atoms with van der Waals surface area (Å²) < 4.78 is 6.28. The third-order valence-electron chi connectivity index (χ3n) is 7.46. The van der Waals surface area contributed by atoms with Gasteiger partial charge in [0.2, 0.25) is 0 Å². The second-order valence-electron chi connectivity index (χ2n) is 9.98. The third-order valence-corrected chi connectivity index (χ3v) is 7.46. The summed E-state index contributed by atoms with van der Waals surface area (Å²) in [6, 6.07) is 9.04. The van der Waals surface area contributed by atoms with E-state index in [1.807, 2.05) is 0 Å². The molecular formula is C29H40O2. The van der Waals surface area contributed by atoms with Crippen molar-refractivity contribution in [3.8, 4) is 11.5 Å². The van der Waals surface area contributed by atoms with E-state index in [0.717, 1.165) is 17.7 Å². The molecule has 2 aliphatic rings. The largest absolute Gasteiger partial charge is 0.507 e. The van der Waals surface area contributed by atoms with Crippen LogP contribution in [0.3, 0.4) is 0 Å². The molecule has 0 aromatic heterocycles. The number of rotatable bonds is 6. The lowest BCUT2D eigenvalue weighted by atomic mass is 9.80. The van der Waals surface area contributed by atoms with Gasteiger partial charge in [-0.3, -0.25) is 0 Å². The molecule has 2 aromatic rings. The molecule has 2 saturated carbocycles. The predicted molar refractivity (Wildman–Crippen MR) is 130 cm³/mol. The van der Waals surface area contributed by atoms with Gasteiger partial charge in [-0.25, -0.2) is 0 Å². The van der Waals surface area contributed by atoms with Crippen molar-refractivity contribution in [1.82, 2.24) is 0 Å². The van der Waals surface area contributed by atoms with Gasteiger partial charge in [-0.1, -0.05) is 73.9 Å². The molecule has 0 amide bonds. The van der Waals surface area contributed by atoms with Crippen molar-refractivity contribution in [3.05, 3.63) is 57.6 Å². The first kappa shape index (κ1) is 22.2. The molecule has 0 heterocycles. The van der Waals surface area contributed by atoms with Gasteiger partial charge in [0.05, 0.1) is 6.61 Å². The second kappa shape index (κ2) is 10.1. The summed E-state index contributed by atoms with van der Waals surface area (Å²) in [6.45, 7) is 7.14. The van der Waals surface area contributed by atoms with Gasteiger partial charge in [0, 0.05) is 6.42 Å². The highest BCUT2D eigenvalue weighted by molar-refractivity contribution is 5.52. The van der Waals surface area contributed by atoms with Gasteiger partial charge in [-0.2, -0.15) is 0 Å². The normalized spacial score (nSPS) is 18.3. The standard InChI is InChI=1S/C29H40O2/c1-4-31-29-25(16-21(3)18-27(29)23-13-9-6-10-14-23)19-24-15-20(2)17-26(28(24)30)22-11-7-5-8-12-22/h15-18,22-23,30H,4-14,19H2,1-3H3. The van der Waals surface area contributed by atoms with E-state index in [9.17, 15) is 5.11 Å². The van der Waals surface area contributed by atoms with Crippen molar-refractivity contribution in [2.75, 3.05) is 6.61 Å². The number of hydrogen-bond donors (Lipinski definition) is 1. The van der Waals surface area contributed by atoms with Crippen LogP contribution in [0.4, 0.5) is 0 Å². The second-order valence-corrected chi connectivity index (χ2v) is 9.98. The lowest BCUT2D eigenvalue weighted by Gasteiger charge is -2.27. The van der Waals surface area contributed by atoms with Crippen LogP contribution in [0.15, 0.2) is 24.3 Å². The number of aromatic hydroxyl groups is 1. The maximum atomic E-state index is 11.3. The zero-order chi connectivity index (χ0) is 21.8. The van der Waals surface area contributed by atoms with Gasteiger partial charge < -0.3 is 9.84 Å². The van der Waals surface area contributed by atoms with Crippen molar-refractivity contribution < 1.29 is 9.84 Å². The van der Waals surface area contributed by atoms with Crippen LogP contribution >= 0.6 is 0 Å². The molecule has 0 radical (unpaired) electrons. The molecule has 0 saturated heterocycles. The fraction of sp³-hybridized carbons (Fsp3) is 0.586. The first-order valence-corrected chi connectivity index (χ1v) is 12.7. The smallest absolute Gasteiger partial charge is 0.126 e. The molecule has 168 valence electrons. The van der Waals surface area contributed by atoms with Crippen LogP contribution in [0.1, 0.15) is 116 Å². The molecule has 0 bridgehead atoms. The molecule has 31 heavy (non-hydrogen) atoms. The van der Waals surface area contributed by atoms with Crippen molar-refractivity contribution in [3.63, 3.8) is 0 Å². The van der Waals surface area contributed by atoms with E-state index in [-0.39, 0.29) is 0 Å². The first-order valence-electron chi connectivity index (χ1n) is 12.7. The maximum absolute atomic E-state index is 11.3. The molecular weight excluding hydrogens is 380 g/mol. The van der Waals surface area contributed by atoms with Crippen LogP contribution in [0.2, 0.25) is 0 Å². The molecule has 2 aromatic carbocycles. The summed E-state index contributed by atoms with van der Waals surface area (Å²) in [5.74, 6) is 2.73. The summed E-state index contributed by atoms with van der Waals surface area (Å²) in [5, 5.41) is 11.3. The maximum Gasteiger partial charge on any atom is 0.126 e. The lowest BCUT2D eigenvalue weighted by Crippen LogP contribution is -2.10. The molecule has 2 nitrogen and oxygen atoms in total. The molecule has 0 unspecified atom stereocenters. The Labute approximate surface area is 189 Å². The Bertz CT molecular complexity index is 886. The van der Waals surface area contributed by atoms with Crippen LogP contribution in [0.5, 0.6) is 11.5 Å². The van der Waals surface area contributed by atoms with E-state index in [1.54, 1.807) is 0 Å². The van der Waals surface area contributed by atoms with Crippen LogP contribution in [0.25, 0.3) is 0 Å². The van der Waals surface area contributed by atoms with E-state index < -0.39 is 0 Å². The Balaban J connectivity index is 1.71. The van der Waals surface area contributed by atoms with Gasteiger partial charge >= 0.3 is 0 Å². The lowest BCUT2D eigenvalue weighted by molar-refractivity contribution is 0.325. The summed E-state index contributed by atoms with van der Waals surface area (Å²) in [5.41, 5.74) is 7.42. The summed E-state index contributed by atoms with van der Waals surface area (Å²) in [7, 11) is 0. The molecule has 0 aliphatic heterocycles. The van der Waals surface area contributed by atoms with Gasteiger partial charge in [0.15, 0.2) is 0 Å². The average molecular weight is 421 g/mol. The molecule has 2 fully saturated rings. The van der Waals surface area contributed by atoms with E-state index >= 15 is 0 Å². The molecule has 1 N–H and O–H groups in total. The highest BCUT2D eigenvalue weighted by Crippen LogP contribution is 2.43. The monoisotopic (exact) mass is 420 g/mol. The molecule has 4 rings (SSSR count). The summed E-state index contributed by atoms with van der Waals surface area (Å²) in [6.07, 6.45) is 13.6. The molecule has 0 spiro atoms. The quantitative estimate of drug-likeness (QED) is 0.511. The van der Waals surface area contributed by atoms with Crippen molar-refractivity contribution in [2.24, 2.45) is 0 Å². The third kappa shape index (κ3) is 5.10. The average Bonchev–Trinajstić information content (AvgIpc) is 2.79. The number of hydrogen-bond acceptors (Lipinski definition) is 2. The number of benzene rings is 2. The summed E-state index contributed by atoms with van der Waals surface area (Å²) in [4.78, 5) is 0. The van der Waals surface area contributed by atoms with Gasteiger partial charge in [0.25, 0.3) is 0 Å². The Morgan fingerprint density at radius 1 is 0.742 bits per heavy atom. The number of phenolic OH excluding ortho intramolecular Hbond substituents is 1. The fourth-order valence-corrected chi connectivity index (χ4v) is 6.00. The Morgan fingerprint density at radius 2 is 1.26 bits per heavy atom. The molecule has 2 heteroatoms. The number of phenols is 1. The van der Waals surface area contributed by atoms with Crippen LogP contribution in [-0.4, -0.2) is 11.7 Å². The van der Waals surface area contributed by atoms with E-state index in [1.165, 1.54) is 92.0 Å². The zero-order valence-electron chi connectivity index (χ0n) is 19.8. The van der Waals surface area contributed by atoms with Gasteiger partial charge in [0.1, 0.15) is 11.5 Å². The Morgan fingerprint density at radius 3 is 1.84 bits per heavy atom. The Kier molecular flexibility index (Phi) is 7.25. The van der Waals surface area contributed by atoms with Crippen LogP contribution < -0.4 is 4.74 Å². The fourth-order valence-electron chi connectivity index (χ4n) is 6.00. The minimum absolute atomic E-state index is 0.508. The number of ether oxygens (including phenoxy) is 1. The minimum Gasteiger partial charge on any atom is -0.507 e. The van der Waals surface area contributed by atoms with Gasteiger partial charge in [-0.15, -0.1) is 0 Å². The zero-order valence-corrected chi connectivity index (χ0v) is 19.8. The van der Waals surface area contributed by atoms with Crippen molar-refractivity contribution in [2.45, 2.75) is 103 Å². The van der Waals surface area contributed by atoms with E-state index in [2.05, 4.69) is 45.0 Å². The highest BCUT2D eigenvalue weighted by atomic mass is 16.5. The van der Waals surface area contributed by atoms with Crippen LogP contribution in [0, 0.1) is 13.8 Å². The Hall–Kier alpha value is -1.96. The summed E-state index contributed by atoms with van der Waals surface area (Å²) >= 11 is 0. The van der Waals surface area contributed by atoms with E-state index in [4.69, 9.17) is 4.74 Å². The highest BCUT2D eigenvalue weighted by Gasteiger charge is 2.24. The van der Waals surface area contributed by atoms with Crippen LogP contribution in [-0.2, 0) is 6.42 Å². The molecule has 2 aliphatic carbocycles. The molecule has 0 atom stereocenters. The number of aryl methyl sites for hydroxylation is 2.